The lowest BCUT2D eigenvalue weighted by Gasteiger charge is -2.40. The molecule has 6 heterocycles. The van der Waals surface area contributed by atoms with Gasteiger partial charge in [0.1, 0.15) is 18.6 Å². The summed E-state index contributed by atoms with van der Waals surface area (Å²) in [6.45, 7) is 2.38. The number of piperazine rings is 1. The van der Waals surface area contributed by atoms with Gasteiger partial charge in [0.15, 0.2) is 16.6 Å². The average Bonchev–Trinajstić information content (AvgIpc) is 3.40. The molecule has 12 heteroatoms. The van der Waals surface area contributed by atoms with Crippen LogP contribution in [0.1, 0.15) is 32.1 Å². The Labute approximate surface area is 199 Å². The molecule has 0 aliphatic carbocycles. The van der Waals surface area contributed by atoms with Crippen molar-refractivity contribution >= 4 is 34.5 Å². The van der Waals surface area contributed by atoms with Crippen LogP contribution in [0.2, 0.25) is 5.15 Å². The minimum absolute atomic E-state index is 0.0780. The van der Waals surface area contributed by atoms with E-state index in [1.165, 1.54) is 11.0 Å². The van der Waals surface area contributed by atoms with Crippen LogP contribution in [-0.4, -0.2) is 92.5 Å². The normalized spacial score (nSPS) is 30.9. The zero-order chi connectivity index (χ0) is 23.6. The summed E-state index contributed by atoms with van der Waals surface area (Å²) in [4.78, 5) is 30.4. The van der Waals surface area contributed by atoms with Gasteiger partial charge < -0.3 is 14.7 Å². The van der Waals surface area contributed by atoms with E-state index in [2.05, 4.69) is 19.9 Å². The van der Waals surface area contributed by atoms with E-state index in [1.807, 2.05) is 4.90 Å². The second-order valence-electron chi connectivity index (χ2n) is 9.81. The summed E-state index contributed by atoms with van der Waals surface area (Å²) in [5, 5.41) is 9.68. The molecule has 0 aromatic carbocycles. The Balaban J connectivity index is 1.34. The van der Waals surface area contributed by atoms with E-state index in [0.29, 0.717) is 37.3 Å². The van der Waals surface area contributed by atoms with Gasteiger partial charge in [-0.05, 0) is 38.3 Å². The molecule has 2 bridgehead atoms. The van der Waals surface area contributed by atoms with Crippen LogP contribution in [0.15, 0.2) is 6.07 Å². The molecule has 6 rings (SSSR count). The van der Waals surface area contributed by atoms with Crippen molar-refractivity contribution in [1.29, 1.82) is 0 Å². The zero-order valence-corrected chi connectivity index (χ0v) is 19.2. The highest BCUT2D eigenvalue weighted by Gasteiger charge is 2.49. The Bertz CT molecular complexity index is 1140. The molecule has 0 radical (unpaired) electrons. The van der Waals surface area contributed by atoms with Crippen LogP contribution in [0.3, 0.4) is 0 Å². The van der Waals surface area contributed by atoms with Crippen molar-refractivity contribution in [3.8, 4) is 6.01 Å². The molecule has 2 aromatic rings. The first-order valence-corrected chi connectivity index (χ1v) is 12.0. The number of alkyl halides is 1. The second kappa shape index (κ2) is 8.01. The molecular weight excluding hydrogens is 470 g/mol. The molecule has 2 aromatic heterocycles. The summed E-state index contributed by atoms with van der Waals surface area (Å²) in [6.07, 6.45) is 2.00. The molecule has 9 nitrogen and oxygen atoms in total. The SMILES string of the molecule is O=C(O)N1[C@@H]2CC[C@H]1CN(c1nc(OC[C@@]34CCCN3C[C@H](F)C4)nc3nc(Cl)c(F)cc13)C2. The number of carbonyl (C=O) groups is 1. The van der Waals surface area contributed by atoms with Crippen LogP contribution >= 0.6 is 11.6 Å². The fourth-order valence-corrected chi connectivity index (χ4v) is 6.45. The first-order chi connectivity index (χ1) is 16.3. The predicted octanol–water partition coefficient (Wildman–Crippen LogP) is 3.10. The Morgan fingerprint density at radius 2 is 2.00 bits per heavy atom. The van der Waals surface area contributed by atoms with Crippen molar-refractivity contribution < 1.29 is 23.4 Å². The van der Waals surface area contributed by atoms with E-state index in [0.717, 1.165) is 32.2 Å². The maximum atomic E-state index is 14.3. The van der Waals surface area contributed by atoms with E-state index in [1.54, 1.807) is 0 Å². The van der Waals surface area contributed by atoms with Crippen LogP contribution in [-0.2, 0) is 0 Å². The molecule has 1 N–H and O–H groups in total. The lowest BCUT2D eigenvalue weighted by atomic mass is 9.95. The molecular formula is C22H25ClF2N6O3. The second-order valence-corrected chi connectivity index (χ2v) is 10.2. The number of hydrogen-bond donors (Lipinski definition) is 1. The molecule has 4 saturated heterocycles. The number of ether oxygens (including phenoxy) is 1. The number of anilines is 1. The third-order valence-corrected chi connectivity index (χ3v) is 8.06. The number of amides is 1. The topological polar surface area (TPSA) is 94.9 Å². The Morgan fingerprint density at radius 1 is 1.24 bits per heavy atom. The van der Waals surface area contributed by atoms with Gasteiger partial charge in [-0.2, -0.15) is 9.97 Å². The first-order valence-electron chi connectivity index (χ1n) is 11.6. The molecule has 0 spiro atoms. The third kappa shape index (κ3) is 3.51. The summed E-state index contributed by atoms with van der Waals surface area (Å²) >= 11 is 5.94. The molecule has 4 atom stereocenters. The van der Waals surface area contributed by atoms with E-state index in [4.69, 9.17) is 16.3 Å². The van der Waals surface area contributed by atoms with E-state index < -0.39 is 18.1 Å². The molecule has 1 amide bonds. The van der Waals surface area contributed by atoms with E-state index in [-0.39, 0.29) is 41.0 Å². The minimum Gasteiger partial charge on any atom is -0.465 e. The van der Waals surface area contributed by atoms with Gasteiger partial charge in [0.05, 0.1) is 23.0 Å². The summed E-state index contributed by atoms with van der Waals surface area (Å²) in [6, 6.07) is 1.01. The van der Waals surface area contributed by atoms with Gasteiger partial charge >= 0.3 is 12.1 Å². The van der Waals surface area contributed by atoms with Crippen LogP contribution < -0.4 is 9.64 Å². The number of hydrogen-bond acceptors (Lipinski definition) is 7. The van der Waals surface area contributed by atoms with E-state index >= 15 is 0 Å². The number of pyridine rings is 1. The Hall–Kier alpha value is -2.53. The highest BCUT2D eigenvalue weighted by Crippen LogP contribution is 2.41. The van der Waals surface area contributed by atoms with Crippen molar-refractivity contribution in [2.45, 2.75) is 55.9 Å². The molecule has 0 unspecified atom stereocenters. The molecule has 4 aliphatic heterocycles. The van der Waals surface area contributed by atoms with Crippen molar-refractivity contribution in [2.75, 3.05) is 37.7 Å². The molecule has 34 heavy (non-hydrogen) atoms. The third-order valence-electron chi connectivity index (χ3n) is 7.79. The highest BCUT2D eigenvalue weighted by molar-refractivity contribution is 6.30. The Kier molecular flexibility index (Phi) is 5.18. The van der Waals surface area contributed by atoms with Gasteiger partial charge in [-0.3, -0.25) is 9.80 Å². The van der Waals surface area contributed by atoms with Crippen LogP contribution in [0.5, 0.6) is 6.01 Å². The smallest absolute Gasteiger partial charge is 0.407 e. The average molecular weight is 495 g/mol. The maximum Gasteiger partial charge on any atom is 0.407 e. The number of halogens is 3. The quantitative estimate of drug-likeness (QED) is 0.648. The van der Waals surface area contributed by atoms with Crippen LogP contribution in [0.25, 0.3) is 11.0 Å². The lowest BCUT2D eigenvalue weighted by Crippen LogP contribution is -2.55. The number of carboxylic acid groups (broad SMARTS) is 1. The van der Waals surface area contributed by atoms with E-state index in [9.17, 15) is 18.7 Å². The van der Waals surface area contributed by atoms with Gasteiger partial charge in [0.25, 0.3) is 0 Å². The summed E-state index contributed by atoms with van der Waals surface area (Å²) in [7, 11) is 0. The maximum absolute atomic E-state index is 14.3. The van der Waals surface area contributed by atoms with Crippen molar-refractivity contribution in [3.05, 3.63) is 17.0 Å². The number of aromatic nitrogens is 3. The number of fused-ring (bicyclic) bond motifs is 4. The molecule has 4 fully saturated rings. The van der Waals surface area contributed by atoms with Gasteiger partial charge in [-0.1, -0.05) is 11.6 Å². The van der Waals surface area contributed by atoms with Gasteiger partial charge in [0.2, 0.25) is 0 Å². The standard InChI is InChI=1S/C22H25ClF2N6O3/c23-17-16(25)6-15-18(26-17)27-20(34-11-22-4-1-5-30(22)8-12(24)7-22)28-19(15)29-9-13-2-3-14(10-29)31(13)21(32)33/h6,12-14H,1-5,7-11H2,(H,32,33)/t12-,13-,14+,22+/m1/s1. The fraction of sp³-hybridized carbons (Fsp3) is 0.636. The molecule has 0 saturated carbocycles. The number of nitrogens with zero attached hydrogens (tertiary/aromatic N) is 6. The lowest BCUT2D eigenvalue weighted by molar-refractivity contribution is 0.107. The number of rotatable bonds is 4. The Morgan fingerprint density at radius 3 is 2.74 bits per heavy atom. The van der Waals surface area contributed by atoms with Crippen molar-refractivity contribution in [1.82, 2.24) is 24.8 Å². The largest absolute Gasteiger partial charge is 0.465 e. The summed E-state index contributed by atoms with van der Waals surface area (Å²) in [5.41, 5.74) is -0.159. The van der Waals surface area contributed by atoms with Gasteiger partial charge in [0, 0.05) is 26.1 Å². The minimum atomic E-state index is -0.925. The zero-order valence-electron chi connectivity index (χ0n) is 18.5. The van der Waals surface area contributed by atoms with Gasteiger partial charge in [-0.15, -0.1) is 0 Å². The van der Waals surface area contributed by atoms with Gasteiger partial charge in [-0.25, -0.2) is 18.6 Å². The van der Waals surface area contributed by atoms with Crippen LogP contribution in [0, 0.1) is 5.82 Å². The van der Waals surface area contributed by atoms with Crippen molar-refractivity contribution in [2.24, 2.45) is 0 Å². The highest BCUT2D eigenvalue weighted by atomic mass is 35.5. The predicted molar refractivity (Wildman–Crippen MR) is 120 cm³/mol. The van der Waals surface area contributed by atoms with Crippen molar-refractivity contribution in [3.63, 3.8) is 0 Å². The summed E-state index contributed by atoms with van der Waals surface area (Å²) < 4.78 is 34.5. The summed E-state index contributed by atoms with van der Waals surface area (Å²) in [5.74, 6) is -0.235. The van der Waals surface area contributed by atoms with Crippen LogP contribution in [0.4, 0.5) is 19.4 Å². The fourth-order valence-electron chi connectivity index (χ4n) is 6.32. The monoisotopic (exact) mass is 494 g/mol. The first kappa shape index (κ1) is 22.0. The molecule has 182 valence electrons. The molecule has 4 aliphatic rings.